The molecule has 0 aliphatic carbocycles. The maximum absolute atomic E-state index is 12.4. The predicted octanol–water partition coefficient (Wildman–Crippen LogP) is 9.46. The van der Waals surface area contributed by atoms with Crippen LogP contribution in [0.1, 0.15) is 181 Å². The average molecular weight is 602 g/mol. The average Bonchev–Trinajstić information content (AvgIpc) is 2.92. The van der Waals surface area contributed by atoms with Gasteiger partial charge in [0.2, 0.25) is 5.91 Å². The fourth-order valence-electron chi connectivity index (χ4n) is 5.33. The molecule has 0 bridgehead atoms. The van der Waals surface area contributed by atoms with E-state index in [4.69, 9.17) is 0 Å². The molecule has 1 amide bonds. The summed E-state index contributed by atoms with van der Waals surface area (Å²) in [4.78, 5) is 12.4. The fraction of sp³-hybridized carbons (Fsp3) is 0.912. The van der Waals surface area contributed by atoms with Crippen molar-refractivity contribution in [1.82, 2.24) is 5.32 Å². The molecule has 2 atom stereocenters. The molecule has 0 heterocycles. The second kappa shape index (κ2) is 29.2. The fourth-order valence-corrected chi connectivity index (χ4v) is 6.07. The van der Waals surface area contributed by atoms with E-state index in [-0.39, 0.29) is 5.91 Å². The van der Waals surface area contributed by atoms with E-state index in [1.807, 2.05) is 6.08 Å². The molecule has 0 fully saturated rings. The third-order valence-electron chi connectivity index (χ3n) is 7.96. The number of unbranched alkanes of at least 4 members (excludes halogenated alkanes) is 23. The third-order valence-corrected chi connectivity index (χ3v) is 8.74. The molecule has 244 valence electrons. The third kappa shape index (κ3) is 30.3. The van der Waals surface area contributed by atoms with Gasteiger partial charge in [0.15, 0.2) is 0 Å². The number of aliphatic hydroxyl groups excluding tert-OH is 1. The summed E-state index contributed by atoms with van der Waals surface area (Å²) in [6.45, 7) is 4.47. The first-order valence-corrected chi connectivity index (χ1v) is 19.0. The highest BCUT2D eigenvalue weighted by Crippen LogP contribution is 2.15. The smallest absolute Gasteiger partial charge is 0.267 e. The molecule has 0 aliphatic rings. The van der Waals surface area contributed by atoms with Crippen molar-refractivity contribution in [2.75, 3.05) is 5.75 Å². The molecule has 2 unspecified atom stereocenters. The summed E-state index contributed by atoms with van der Waals surface area (Å²) in [5.41, 5.74) is 0. The molecule has 0 rings (SSSR count). The topological polar surface area (TPSA) is 104 Å². The number of carbonyl (C=O) groups is 1. The predicted molar refractivity (Wildman–Crippen MR) is 175 cm³/mol. The van der Waals surface area contributed by atoms with Crippen molar-refractivity contribution in [3.8, 4) is 0 Å². The van der Waals surface area contributed by atoms with Crippen LogP contribution in [0.5, 0.6) is 0 Å². The first-order valence-electron chi connectivity index (χ1n) is 17.4. The Morgan fingerprint density at radius 3 is 1.39 bits per heavy atom. The summed E-state index contributed by atoms with van der Waals surface area (Å²) >= 11 is 0. The molecule has 0 aliphatic heterocycles. The number of allylic oxidation sites excluding steroid dienone is 1. The minimum absolute atomic E-state index is 0.279. The molecule has 0 radical (unpaired) electrons. The van der Waals surface area contributed by atoms with Gasteiger partial charge in [0.1, 0.15) is 0 Å². The molecule has 3 N–H and O–H groups in total. The summed E-state index contributed by atoms with van der Waals surface area (Å²) < 4.78 is 32.2. The second-order valence-corrected chi connectivity index (χ2v) is 13.7. The highest BCUT2D eigenvalue weighted by atomic mass is 32.2. The van der Waals surface area contributed by atoms with Gasteiger partial charge >= 0.3 is 0 Å². The largest absolute Gasteiger partial charge is 0.387 e. The van der Waals surface area contributed by atoms with Crippen LogP contribution < -0.4 is 5.32 Å². The number of rotatable bonds is 31. The van der Waals surface area contributed by atoms with Crippen LogP contribution in [-0.2, 0) is 14.9 Å². The van der Waals surface area contributed by atoms with Crippen molar-refractivity contribution >= 4 is 16.0 Å². The van der Waals surface area contributed by atoms with E-state index in [0.29, 0.717) is 6.42 Å². The van der Waals surface area contributed by atoms with E-state index in [1.165, 1.54) is 122 Å². The van der Waals surface area contributed by atoms with Crippen LogP contribution in [0.3, 0.4) is 0 Å². The maximum atomic E-state index is 12.4. The van der Waals surface area contributed by atoms with Crippen molar-refractivity contribution in [2.45, 2.75) is 193 Å². The summed E-state index contributed by atoms with van der Waals surface area (Å²) in [5, 5.41) is 13.1. The van der Waals surface area contributed by atoms with Gasteiger partial charge in [-0.25, -0.2) is 0 Å². The Morgan fingerprint density at radius 2 is 1.00 bits per heavy atom. The lowest BCUT2D eigenvalue weighted by Gasteiger charge is -2.21. The monoisotopic (exact) mass is 601 g/mol. The van der Waals surface area contributed by atoms with E-state index in [9.17, 15) is 22.9 Å². The van der Waals surface area contributed by atoms with Crippen molar-refractivity contribution in [3.05, 3.63) is 12.2 Å². The second-order valence-electron chi connectivity index (χ2n) is 12.2. The first kappa shape index (κ1) is 40.1. The van der Waals surface area contributed by atoms with Gasteiger partial charge in [-0.1, -0.05) is 167 Å². The SMILES string of the molecule is CCCCCCCCC/C=C/C(O)C(CS(=O)(=O)O)NC(=O)CCCCCCCCCCCCCCCCCCC. The van der Waals surface area contributed by atoms with E-state index in [2.05, 4.69) is 19.2 Å². The van der Waals surface area contributed by atoms with Crippen LogP contribution in [-0.4, -0.2) is 41.9 Å². The summed E-state index contributed by atoms with van der Waals surface area (Å²) in [5.74, 6) is -0.972. The molecular weight excluding hydrogens is 534 g/mol. The lowest BCUT2D eigenvalue weighted by molar-refractivity contribution is -0.122. The summed E-state index contributed by atoms with van der Waals surface area (Å²) in [6, 6.07) is -1.05. The zero-order valence-electron chi connectivity index (χ0n) is 26.9. The van der Waals surface area contributed by atoms with Gasteiger partial charge in [-0.05, 0) is 19.3 Å². The lowest BCUT2D eigenvalue weighted by atomic mass is 10.0. The maximum Gasteiger partial charge on any atom is 0.267 e. The van der Waals surface area contributed by atoms with Gasteiger partial charge in [-0.2, -0.15) is 8.42 Å². The van der Waals surface area contributed by atoms with Crippen molar-refractivity contribution in [2.24, 2.45) is 0 Å². The molecule has 0 aromatic rings. The number of amides is 1. The van der Waals surface area contributed by atoms with Gasteiger partial charge in [0.25, 0.3) is 10.1 Å². The molecule has 41 heavy (non-hydrogen) atoms. The number of aliphatic hydroxyl groups is 1. The van der Waals surface area contributed by atoms with Crippen LogP contribution in [0.25, 0.3) is 0 Å². The van der Waals surface area contributed by atoms with Gasteiger partial charge in [-0.15, -0.1) is 0 Å². The summed E-state index contributed by atoms with van der Waals surface area (Å²) in [7, 11) is -4.33. The first-order chi connectivity index (χ1) is 19.8. The van der Waals surface area contributed by atoms with Gasteiger partial charge in [0.05, 0.1) is 17.9 Å². The Balaban J connectivity index is 3.90. The number of carbonyl (C=O) groups excluding carboxylic acids is 1. The Kier molecular flexibility index (Phi) is 28.5. The highest BCUT2D eigenvalue weighted by Gasteiger charge is 2.24. The molecule has 0 saturated heterocycles. The minimum atomic E-state index is -4.33. The molecule has 6 nitrogen and oxygen atoms in total. The van der Waals surface area contributed by atoms with E-state index >= 15 is 0 Å². The zero-order chi connectivity index (χ0) is 30.4. The Morgan fingerprint density at radius 1 is 0.634 bits per heavy atom. The summed E-state index contributed by atoms with van der Waals surface area (Å²) in [6.07, 6.45) is 33.4. The Labute approximate surface area is 254 Å². The van der Waals surface area contributed by atoms with E-state index < -0.39 is 28.0 Å². The Hall–Kier alpha value is -0.920. The van der Waals surface area contributed by atoms with Crippen LogP contribution in [0.4, 0.5) is 0 Å². The van der Waals surface area contributed by atoms with Crippen LogP contribution in [0.15, 0.2) is 12.2 Å². The standard InChI is InChI=1S/C34H67NO5S/c1-3-5-7-9-11-13-14-15-16-17-18-19-20-22-24-26-28-30-34(37)35-32(31-41(38,39)40)33(36)29-27-25-23-21-12-10-8-6-4-2/h27,29,32-33,36H,3-26,28,30-31H2,1-2H3,(H,35,37)(H,38,39,40)/b29-27+. The van der Waals surface area contributed by atoms with Crippen LogP contribution >= 0.6 is 0 Å². The Bertz CT molecular complexity index is 710. The van der Waals surface area contributed by atoms with E-state index in [0.717, 1.165) is 38.5 Å². The number of nitrogens with one attached hydrogen (secondary N) is 1. The van der Waals surface area contributed by atoms with Crippen molar-refractivity contribution in [3.63, 3.8) is 0 Å². The highest BCUT2D eigenvalue weighted by molar-refractivity contribution is 7.85. The van der Waals surface area contributed by atoms with Crippen LogP contribution in [0.2, 0.25) is 0 Å². The van der Waals surface area contributed by atoms with Crippen molar-refractivity contribution in [1.29, 1.82) is 0 Å². The zero-order valence-corrected chi connectivity index (χ0v) is 27.7. The minimum Gasteiger partial charge on any atom is -0.387 e. The van der Waals surface area contributed by atoms with Crippen LogP contribution in [0, 0.1) is 0 Å². The van der Waals surface area contributed by atoms with Gasteiger partial charge < -0.3 is 10.4 Å². The number of hydrogen-bond donors (Lipinski definition) is 3. The van der Waals surface area contributed by atoms with Gasteiger partial charge in [-0.3, -0.25) is 9.35 Å². The molecule has 0 aromatic heterocycles. The lowest BCUT2D eigenvalue weighted by Crippen LogP contribution is -2.46. The molecule has 0 spiro atoms. The molecule has 7 heteroatoms. The normalized spacial score (nSPS) is 13.6. The van der Waals surface area contributed by atoms with E-state index in [1.54, 1.807) is 6.08 Å². The van der Waals surface area contributed by atoms with Gasteiger partial charge in [0, 0.05) is 6.42 Å². The quantitative estimate of drug-likeness (QED) is 0.0417. The van der Waals surface area contributed by atoms with Crippen molar-refractivity contribution < 1.29 is 22.9 Å². The molecule has 0 saturated carbocycles. The number of hydrogen-bond acceptors (Lipinski definition) is 4. The molecule has 0 aromatic carbocycles. The molecular formula is C34H67NO5S.